The summed E-state index contributed by atoms with van der Waals surface area (Å²) in [5.41, 5.74) is 4.97. The van der Waals surface area contributed by atoms with E-state index >= 15 is 0 Å². The van der Waals surface area contributed by atoms with Gasteiger partial charge in [0, 0.05) is 36.2 Å². The van der Waals surface area contributed by atoms with Crippen molar-refractivity contribution in [3.63, 3.8) is 0 Å². The fourth-order valence-electron chi connectivity index (χ4n) is 3.48. The molecule has 5 heteroatoms. The molecule has 138 valence electrons. The largest absolute Gasteiger partial charge is 0.316 e. The maximum atomic E-state index is 13.4. The SMILES string of the molecule is Fc1ccc(Cc2nc3c(c(-c4ccc(F)cc4)n2)CCCNCC3)cc1. The molecule has 0 saturated carbocycles. The van der Waals surface area contributed by atoms with Crippen molar-refractivity contribution in [2.75, 3.05) is 13.1 Å². The Bertz CT molecular complexity index is 922. The zero-order valence-corrected chi connectivity index (χ0v) is 15.0. The van der Waals surface area contributed by atoms with Crippen molar-refractivity contribution in [1.29, 1.82) is 0 Å². The molecular formula is C22H21F2N3. The fraction of sp³-hybridized carbons (Fsp3) is 0.273. The average molecular weight is 365 g/mol. The molecule has 0 fully saturated rings. The standard InChI is InChI=1S/C22H21F2N3/c23-17-7-3-15(4-8-17)14-21-26-20-11-13-25-12-1-2-19(20)22(27-21)16-5-9-18(24)10-6-16/h3-10,25H,1-2,11-14H2. The van der Waals surface area contributed by atoms with E-state index in [0.29, 0.717) is 12.2 Å². The third-order valence-corrected chi connectivity index (χ3v) is 4.85. The first-order valence-electron chi connectivity index (χ1n) is 9.29. The van der Waals surface area contributed by atoms with Crippen molar-refractivity contribution < 1.29 is 8.78 Å². The smallest absolute Gasteiger partial charge is 0.133 e. The van der Waals surface area contributed by atoms with Crippen molar-refractivity contribution >= 4 is 0 Å². The molecule has 0 aliphatic carbocycles. The average Bonchev–Trinajstić information content (AvgIpc) is 2.65. The van der Waals surface area contributed by atoms with E-state index in [4.69, 9.17) is 9.97 Å². The number of halogens is 2. The van der Waals surface area contributed by atoms with Crippen molar-refractivity contribution in [1.82, 2.24) is 15.3 Å². The quantitative estimate of drug-likeness (QED) is 0.760. The first kappa shape index (κ1) is 17.7. The predicted molar refractivity (Wildman–Crippen MR) is 102 cm³/mol. The minimum absolute atomic E-state index is 0.254. The number of hydrogen-bond acceptors (Lipinski definition) is 3. The van der Waals surface area contributed by atoms with Crippen molar-refractivity contribution in [2.24, 2.45) is 0 Å². The number of fused-ring (bicyclic) bond motifs is 1. The molecule has 0 atom stereocenters. The van der Waals surface area contributed by atoms with Crippen LogP contribution in [0.2, 0.25) is 0 Å². The molecule has 0 spiro atoms. The van der Waals surface area contributed by atoms with E-state index in [-0.39, 0.29) is 11.6 Å². The number of hydrogen-bond donors (Lipinski definition) is 1. The van der Waals surface area contributed by atoms with Crippen LogP contribution in [0.25, 0.3) is 11.3 Å². The molecule has 1 aliphatic rings. The van der Waals surface area contributed by atoms with Gasteiger partial charge in [0.15, 0.2) is 0 Å². The molecule has 2 aromatic carbocycles. The van der Waals surface area contributed by atoms with Crippen LogP contribution >= 0.6 is 0 Å². The van der Waals surface area contributed by atoms with E-state index in [1.165, 1.54) is 24.3 Å². The Morgan fingerprint density at radius 1 is 0.815 bits per heavy atom. The second-order valence-corrected chi connectivity index (χ2v) is 6.83. The number of nitrogens with one attached hydrogen (secondary N) is 1. The minimum Gasteiger partial charge on any atom is -0.316 e. The van der Waals surface area contributed by atoms with Crippen LogP contribution in [0.1, 0.15) is 29.1 Å². The molecule has 0 saturated heterocycles. The second-order valence-electron chi connectivity index (χ2n) is 6.83. The summed E-state index contributed by atoms with van der Waals surface area (Å²) in [7, 11) is 0. The topological polar surface area (TPSA) is 37.8 Å². The van der Waals surface area contributed by atoms with Gasteiger partial charge in [0.1, 0.15) is 17.5 Å². The summed E-state index contributed by atoms with van der Waals surface area (Å²) in [6.45, 7) is 1.85. The van der Waals surface area contributed by atoms with E-state index in [2.05, 4.69) is 5.32 Å². The van der Waals surface area contributed by atoms with Gasteiger partial charge in [-0.25, -0.2) is 18.7 Å². The molecule has 1 N–H and O–H groups in total. The summed E-state index contributed by atoms with van der Waals surface area (Å²) < 4.78 is 26.6. The van der Waals surface area contributed by atoms with Crippen LogP contribution in [-0.4, -0.2) is 23.1 Å². The van der Waals surface area contributed by atoms with E-state index in [1.54, 1.807) is 24.3 Å². The van der Waals surface area contributed by atoms with E-state index in [9.17, 15) is 8.78 Å². The first-order valence-corrected chi connectivity index (χ1v) is 9.29. The molecular weight excluding hydrogens is 344 g/mol. The predicted octanol–water partition coefficient (Wildman–Crippen LogP) is 4.09. The summed E-state index contributed by atoms with van der Waals surface area (Å²) in [5, 5.41) is 3.42. The Kier molecular flexibility index (Phi) is 5.21. The van der Waals surface area contributed by atoms with Gasteiger partial charge in [0.05, 0.1) is 5.69 Å². The lowest BCUT2D eigenvalue weighted by Gasteiger charge is -2.18. The molecule has 3 aromatic rings. The second kappa shape index (κ2) is 7.92. The van der Waals surface area contributed by atoms with Gasteiger partial charge in [0.2, 0.25) is 0 Å². The maximum Gasteiger partial charge on any atom is 0.133 e. The van der Waals surface area contributed by atoms with Gasteiger partial charge in [-0.2, -0.15) is 0 Å². The molecule has 27 heavy (non-hydrogen) atoms. The van der Waals surface area contributed by atoms with Crippen LogP contribution < -0.4 is 5.32 Å². The molecule has 1 aliphatic heterocycles. The Labute approximate surface area is 157 Å². The highest BCUT2D eigenvalue weighted by molar-refractivity contribution is 5.64. The van der Waals surface area contributed by atoms with Crippen LogP contribution in [0.5, 0.6) is 0 Å². The Morgan fingerprint density at radius 3 is 2.26 bits per heavy atom. The molecule has 0 radical (unpaired) electrons. The molecule has 4 rings (SSSR count). The Hall–Kier alpha value is -2.66. The normalized spacial score (nSPS) is 14.3. The van der Waals surface area contributed by atoms with E-state index in [0.717, 1.165) is 60.4 Å². The number of nitrogens with zero attached hydrogens (tertiary/aromatic N) is 2. The maximum absolute atomic E-state index is 13.4. The zero-order chi connectivity index (χ0) is 18.6. The van der Waals surface area contributed by atoms with Gasteiger partial charge in [-0.1, -0.05) is 12.1 Å². The Morgan fingerprint density at radius 2 is 1.52 bits per heavy atom. The number of aromatic nitrogens is 2. The number of benzene rings is 2. The molecule has 0 unspecified atom stereocenters. The van der Waals surface area contributed by atoms with Crippen LogP contribution in [0.4, 0.5) is 8.78 Å². The summed E-state index contributed by atoms with van der Waals surface area (Å²) in [5.74, 6) is 0.197. The van der Waals surface area contributed by atoms with Crippen LogP contribution in [0.15, 0.2) is 48.5 Å². The fourth-order valence-corrected chi connectivity index (χ4v) is 3.48. The van der Waals surface area contributed by atoms with Gasteiger partial charge >= 0.3 is 0 Å². The molecule has 3 nitrogen and oxygen atoms in total. The third kappa shape index (κ3) is 4.19. The van der Waals surface area contributed by atoms with Crippen molar-refractivity contribution in [2.45, 2.75) is 25.7 Å². The molecule has 1 aromatic heterocycles. The van der Waals surface area contributed by atoms with Crippen molar-refractivity contribution in [3.8, 4) is 11.3 Å². The summed E-state index contributed by atoms with van der Waals surface area (Å²) in [4.78, 5) is 9.65. The van der Waals surface area contributed by atoms with Gasteiger partial charge in [-0.3, -0.25) is 0 Å². The summed E-state index contributed by atoms with van der Waals surface area (Å²) in [6, 6.07) is 12.9. The zero-order valence-electron chi connectivity index (χ0n) is 15.0. The van der Waals surface area contributed by atoms with E-state index in [1.807, 2.05) is 0 Å². The molecule has 0 amide bonds. The highest BCUT2D eigenvalue weighted by Gasteiger charge is 2.17. The van der Waals surface area contributed by atoms with Gasteiger partial charge in [-0.05, 0) is 61.3 Å². The lowest BCUT2D eigenvalue weighted by Crippen LogP contribution is -2.24. The van der Waals surface area contributed by atoms with Crippen molar-refractivity contribution in [3.05, 3.63) is 82.8 Å². The van der Waals surface area contributed by atoms with Crippen LogP contribution in [0, 0.1) is 11.6 Å². The summed E-state index contributed by atoms with van der Waals surface area (Å²) in [6.07, 6.45) is 3.28. The lowest BCUT2D eigenvalue weighted by molar-refractivity contribution is 0.613. The van der Waals surface area contributed by atoms with E-state index < -0.39 is 0 Å². The van der Waals surface area contributed by atoms with Crippen LogP contribution in [-0.2, 0) is 19.3 Å². The van der Waals surface area contributed by atoms with Crippen LogP contribution in [0.3, 0.4) is 0 Å². The third-order valence-electron chi connectivity index (χ3n) is 4.85. The van der Waals surface area contributed by atoms with Gasteiger partial charge in [-0.15, -0.1) is 0 Å². The lowest BCUT2D eigenvalue weighted by atomic mass is 9.97. The Balaban J connectivity index is 1.77. The highest BCUT2D eigenvalue weighted by Crippen LogP contribution is 2.27. The molecule has 0 bridgehead atoms. The molecule has 2 heterocycles. The first-order chi connectivity index (χ1) is 13.2. The number of rotatable bonds is 3. The summed E-state index contributed by atoms with van der Waals surface area (Å²) >= 11 is 0. The van der Waals surface area contributed by atoms with Gasteiger partial charge in [0.25, 0.3) is 0 Å². The minimum atomic E-state index is -0.258. The van der Waals surface area contributed by atoms with Gasteiger partial charge < -0.3 is 5.32 Å². The highest BCUT2D eigenvalue weighted by atomic mass is 19.1. The monoisotopic (exact) mass is 365 g/mol.